The molecule has 3 nitrogen and oxygen atoms in total. The van der Waals surface area contributed by atoms with E-state index >= 15 is 0 Å². The van der Waals surface area contributed by atoms with E-state index in [1.54, 1.807) is 36.0 Å². The van der Waals surface area contributed by atoms with Gasteiger partial charge in [0.15, 0.2) is 0 Å². The molecule has 0 aliphatic rings. The molecule has 1 heterocycles. The minimum atomic E-state index is 0.462. The van der Waals surface area contributed by atoms with E-state index in [2.05, 4.69) is 11.3 Å². The molecule has 1 aromatic carbocycles. The monoisotopic (exact) mass is 241 g/mol. The summed E-state index contributed by atoms with van der Waals surface area (Å²) < 4.78 is 7.07. The van der Waals surface area contributed by atoms with E-state index in [4.69, 9.17) is 27.9 Å². The predicted molar refractivity (Wildman–Crippen MR) is 58.6 cm³/mol. The molecule has 5 heteroatoms. The largest absolute Gasteiger partial charge is 0.438 e. The highest BCUT2D eigenvalue weighted by Crippen LogP contribution is 2.30. The fraction of sp³-hybridized carbons (Fsp3) is 0.100. The van der Waals surface area contributed by atoms with Crippen LogP contribution in [0.3, 0.4) is 0 Å². The van der Waals surface area contributed by atoms with Gasteiger partial charge in [-0.25, -0.2) is 4.68 Å². The second-order valence-electron chi connectivity index (χ2n) is 2.91. The van der Waals surface area contributed by atoms with E-state index in [1.165, 1.54) is 0 Å². The molecule has 1 radical (unpaired) electrons. The van der Waals surface area contributed by atoms with Gasteiger partial charge in [-0.05, 0) is 18.2 Å². The standard InChI is InChI=1S/C10H7Cl2N2O/c1-14-10(4-5-13-14)15-9-3-2-7(11)6-8(9)12/h2-4,6H,1H3. The van der Waals surface area contributed by atoms with Crippen molar-refractivity contribution in [1.29, 1.82) is 0 Å². The highest BCUT2D eigenvalue weighted by Gasteiger charge is 2.06. The molecule has 0 amide bonds. The first-order valence-corrected chi connectivity index (χ1v) is 4.95. The van der Waals surface area contributed by atoms with Crippen LogP contribution in [0.4, 0.5) is 0 Å². The van der Waals surface area contributed by atoms with Crippen LogP contribution < -0.4 is 4.74 Å². The molecule has 0 saturated heterocycles. The zero-order valence-corrected chi connectivity index (χ0v) is 9.38. The van der Waals surface area contributed by atoms with Crippen LogP contribution in [0.15, 0.2) is 24.3 Å². The fourth-order valence-corrected chi connectivity index (χ4v) is 1.53. The Hall–Kier alpha value is -1.19. The minimum Gasteiger partial charge on any atom is -0.438 e. The van der Waals surface area contributed by atoms with Crippen molar-refractivity contribution in [2.24, 2.45) is 7.05 Å². The van der Waals surface area contributed by atoms with E-state index < -0.39 is 0 Å². The Bertz CT molecular complexity index is 482. The second-order valence-corrected chi connectivity index (χ2v) is 3.76. The maximum Gasteiger partial charge on any atom is 0.218 e. The van der Waals surface area contributed by atoms with Gasteiger partial charge in [0.1, 0.15) is 11.9 Å². The lowest BCUT2D eigenvalue weighted by molar-refractivity contribution is 0.431. The van der Waals surface area contributed by atoms with Crippen molar-refractivity contribution in [3.05, 3.63) is 40.5 Å². The summed E-state index contributed by atoms with van der Waals surface area (Å²) in [7, 11) is 1.76. The molecule has 1 aromatic heterocycles. The van der Waals surface area contributed by atoms with E-state index in [0.29, 0.717) is 21.7 Å². The lowest BCUT2D eigenvalue weighted by Gasteiger charge is -2.06. The third-order valence-electron chi connectivity index (χ3n) is 1.82. The van der Waals surface area contributed by atoms with Gasteiger partial charge < -0.3 is 4.74 Å². The number of aromatic nitrogens is 2. The maximum atomic E-state index is 5.95. The zero-order chi connectivity index (χ0) is 10.8. The molecule has 77 valence electrons. The maximum absolute atomic E-state index is 5.95. The average molecular weight is 242 g/mol. The lowest BCUT2D eigenvalue weighted by Crippen LogP contribution is -1.95. The highest BCUT2D eigenvalue weighted by atomic mass is 35.5. The Morgan fingerprint density at radius 2 is 2.20 bits per heavy atom. The summed E-state index contributed by atoms with van der Waals surface area (Å²) in [6.07, 6.45) is 2.67. The molecule has 2 aromatic rings. The SMILES string of the molecule is Cn1n[c]cc1Oc1ccc(Cl)cc1Cl. The van der Waals surface area contributed by atoms with Crippen LogP contribution in [0, 0.1) is 6.20 Å². The molecule has 0 saturated carbocycles. The minimum absolute atomic E-state index is 0.462. The topological polar surface area (TPSA) is 27.1 Å². The van der Waals surface area contributed by atoms with Gasteiger partial charge in [0.25, 0.3) is 0 Å². The van der Waals surface area contributed by atoms with E-state index in [1.807, 2.05) is 0 Å². The van der Waals surface area contributed by atoms with Crippen LogP contribution in [-0.4, -0.2) is 9.78 Å². The summed E-state index contributed by atoms with van der Waals surface area (Å²) in [5.74, 6) is 1.11. The molecule has 2 rings (SSSR count). The van der Waals surface area contributed by atoms with Gasteiger partial charge in [-0.2, -0.15) is 5.10 Å². The first-order valence-electron chi connectivity index (χ1n) is 4.20. The highest BCUT2D eigenvalue weighted by molar-refractivity contribution is 6.35. The van der Waals surface area contributed by atoms with Crippen molar-refractivity contribution in [2.45, 2.75) is 0 Å². The molecule has 0 N–H and O–H groups in total. The first-order chi connectivity index (χ1) is 7.16. The van der Waals surface area contributed by atoms with Crippen LogP contribution in [0.1, 0.15) is 0 Å². The normalized spacial score (nSPS) is 10.3. The molecular weight excluding hydrogens is 235 g/mol. The Labute approximate surface area is 97.2 Å². The molecule has 0 unspecified atom stereocenters. The van der Waals surface area contributed by atoms with Gasteiger partial charge in [0.05, 0.1) is 5.02 Å². The Kier molecular flexibility index (Phi) is 2.84. The van der Waals surface area contributed by atoms with Gasteiger partial charge in [-0.15, -0.1) is 0 Å². The number of aryl methyl sites for hydroxylation is 1. The summed E-state index contributed by atoms with van der Waals surface area (Å²) in [6.45, 7) is 0. The van der Waals surface area contributed by atoms with Crippen molar-refractivity contribution in [1.82, 2.24) is 9.78 Å². The van der Waals surface area contributed by atoms with E-state index in [0.717, 1.165) is 0 Å². The molecule has 0 spiro atoms. The quantitative estimate of drug-likeness (QED) is 0.807. The van der Waals surface area contributed by atoms with Crippen LogP contribution in [-0.2, 0) is 7.05 Å². The third kappa shape index (κ3) is 2.25. The molecule has 0 aliphatic carbocycles. The molecule has 15 heavy (non-hydrogen) atoms. The summed E-state index contributed by atoms with van der Waals surface area (Å²) in [5.41, 5.74) is 0. The Morgan fingerprint density at radius 1 is 1.40 bits per heavy atom. The van der Waals surface area contributed by atoms with Gasteiger partial charge in [0, 0.05) is 18.1 Å². The number of ether oxygens (including phenoxy) is 1. The third-order valence-corrected chi connectivity index (χ3v) is 2.35. The van der Waals surface area contributed by atoms with Crippen molar-refractivity contribution in [3.8, 4) is 11.6 Å². The van der Waals surface area contributed by atoms with E-state index in [-0.39, 0.29) is 0 Å². The summed E-state index contributed by atoms with van der Waals surface area (Å²) >= 11 is 11.7. The fourth-order valence-electron chi connectivity index (χ4n) is 1.08. The van der Waals surface area contributed by atoms with Crippen molar-refractivity contribution in [3.63, 3.8) is 0 Å². The predicted octanol–water partition coefficient (Wildman–Crippen LogP) is 3.32. The molecular formula is C10H7Cl2N2O. The smallest absolute Gasteiger partial charge is 0.218 e. The van der Waals surface area contributed by atoms with Crippen LogP contribution >= 0.6 is 23.2 Å². The van der Waals surface area contributed by atoms with Gasteiger partial charge in [0.2, 0.25) is 5.88 Å². The van der Waals surface area contributed by atoms with Crippen molar-refractivity contribution in [2.75, 3.05) is 0 Å². The first kappa shape index (κ1) is 10.3. The number of nitrogens with zero attached hydrogens (tertiary/aromatic N) is 2. The average Bonchev–Trinajstić information content (AvgIpc) is 2.57. The summed E-state index contributed by atoms with van der Waals surface area (Å²) in [5, 5.41) is 4.89. The molecule has 0 bridgehead atoms. The van der Waals surface area contributed by atoms with Crippen LogP contribution in [0.25, 0.3) is 0 Å². The molecule has 0 atom stereocenters. The van der Waals surface area contributed by atoms with E-state index in [9.17, 15) is 0 Å². The summed E-state index contributed by atoms with van der Waals surface area (Å²) in [4.78, 5) is 0. The zero-order valence-electron chi connectivity index (χ0n) is 7.87. The number of hydrogen-bond donors (Lipinski definition) is 0. The van der Waals surface area contributed by atoms with Crippen molar-refractivity contribution >= 4 is 23.2 Å². The summed E-state index contributed by atoms with van der Waals surface area (Å²) in [6, 6.07) is 6.67. The number of rotatable bonds is 2. The number of hydrogen-bond acceptors (Lipinski definition) is 2. The van der Waals surface area contributed by atoms with Crippen LogP contribution in [0.5, 0.6) is 11.6 Å². The second kappa shape index (κ2) is 4.13. The lowest BCUT2D eigenvalue weighted by atomic mass is 10.3. The van der Waals surface area contributed by atoms with Crippen LogP contribution in [0.2, 0.25) is 10.0 Å². The Morgan fingerprint density at radius 3 is 2.80 bits per heavy atom. The number of benzene rings is 1. The van der Waals surface area contributed by atoms with Gasteiger partial charge in [-0.1, -0.05) is 23.2 Å². The van der Waals surface area contributed by atoms with Gasteiger partial charge >= 0.3 is 0 Å². The number of halogens is 2. The molecule has 0 aliphatic heterocycles. The van der Waals surface area contributed by atoms with Gasteiger partial charge in [-0.3, -0.25) is 0 Å². The van der Waals surface area contributed by atoms with Crippen molar-refractivity contribution < 1.29 is 4.74 Å². The molecule has 0 fully saturated rings. The Balaban J connectivity index is 2.29.